The Morgan fingerprint density at radius 2 is 2.00 bits per heavy atom. The van der Waals surface area contributed by atoms with Gasteiger partial charge in [-0.2, -0.15) is 0 Å². The first-order chi connectivity index (χ1) is 9.11. The molecule has 2 aromatic rings. The van der Waals surface area contributed by atoms with Gasteiger partial charge in [0.25, 0.3) is 5.91 Å². The van der Waals surface area contributed by atoms with Gasteiger partial charge in [-0.15, -0.1) is 0 Å². The topological polar surface area (TPSA) is 38.3 Å². The molecule has 1 amide bonds. The van der Waals surface area contributed by atoms with E-state index in [1.54, 1.807) is 25.3 Å². The summed E-state index contributed by atoms with van der Waals surface area (Å²) < 4.78 is 6.93. The maximum Gasteiger partial charge on any atom is 0.255 e. The third-order valence-electron chi connectivity index (χ3n) is 2.54. The summed E-state index contributed by atoms with van der Waals surface area (Å²) in [5.74, 6) is 0.616. The number of carbonyl (C=O) groups is 1. The Balaban J connectivity index is 2.21. The lowest BCUT2D eigenvalue weighted by Gasteiger charge is -2.09. The van der Waals surface area contributed by atoms with Crippen molar-refractivity contribution in [2.75, 3.05) is 12.4 Å². The number of hydrogen-bond acceptors (Lipinski definition) is 2. The number of para-hydroxylation sites is 1. The molecule has 0 radical (unpaired) electrons. The van der Waals surface area contributed by atoms with E-state index in [1.165, 1.54) is 0 Å². The maximum atomic E-state index is 12.1. The van der Waals surface area contributed by atoms with Crippen molar-refractivity contribution in [3.8, 4) is 5.75 Å². The largest absolute Gasteiger partial charge is 0.496 e. The smallest absolute Gasteiger partial charge is 0.255 e. The Morgan fingerprint density at radius 3 is 2.63 bits per heavy atom. The lowest BCUT2D eigenvalue weighted by atomic mass is 10.2. The van der Waals surface area contributed by atoms with Crippen LogP contribution < -0.4 is 10.1 Å². The highest BCUT2D eigenvalue weighted by molar-refractivity contribution is 14.1. The summed E-state index contributed by atoms with van der Waals surface area (Å²) in [6, 6.07) is 12.8. The van der Waals surface area contributed by atoms with Gasteiger partial charge in [0.15, 0.2) is 0 Å². The van der Waals surface area contributed by atoms with Crippen LogP contribution in [0.25, 0.3) is 0 Å². The molecule has 0 aromatic heterocycles. The van der Waals surface area contributed by atoms with E-state index in [0.717, 1.165) is 19.5 Å². The van der Waals surface area contributed by atoms with Crippen molar-refractivity contribution in [3.63, 3.8) is 0 Å². The van der Waals surface area contributed by atoms with Crippen LogP contribution in [0.1, 0.15) is 10.4 Å². The van der Waals surface area contributed by atoms with Crippen molar-refractivity contribution >= 4 is 50.1 Å². The van der Waals surface area contributed by atoms with Crippen LogP contribution in [0.2, 0.25) is 0 Å². The fraction of sp³-hybridized carbons (Fsp3) is 0.0714. The maximum absolute atomic E-state index is 12.1. The molecule has 0 aliphatic heterocycles. The second-order valence-corrected chi connectivity index (χ2v) is 5.80. The number of rotatable bonds is 3. The van der Waals surface area contributed by atoms with E-state index < -0.39 is 0 Å². The van der Waals surface area contributed by atoms with Crippen LogP contribution in [0.3, 0.4) is 0 Å². The fourth-order valence-electron chi connectivity index (χ4n) is 1.56. The number of halogens is 2. The van der Waals surface area contributed by atoms with Gasteiger partial charge in [0.05, 0.1) is 16.4 Å². The van der Waals surface area contributed by atoms with Crippen LogP contribution in [-0.4, -0.2) is 13.0 Å². The molecule has 0 saturated heterocycles. The zero-order valence-corrected chi connectivity index (χ0v) is 13.9. The van der Waals surface area contributed by atoms with Crippen molar-refractivity contribution in [2.24, 2.45) is 0 Å². The fourth-order valence-corrected chi connectivity index (χ4v) is 2.68. The number of hydrogen-bond donors (Lipinski definition) is 1. The van der Waals surface area contributed by atoms with E-state index in [-0.39, 0.29) is 5.91 Å². The van der Waals surface area contributed by atoms with Crippen LogP contribution in [0.15, 0.2) is 46.9 Å². The summed E-state index contributed by atoms with van der Waals surface area (Å²) >= 11 is 5.54. The third-order valence-corrected chi connectivity index (χ3v) is 4.07. The van der Waals surface area contributed by atoms with Gasteiger partial charge < -0.3 is 10.1 Å². The highest BCUT2D eigenvalue weighted by atomic mass is 127. The molecule has 2 rings (SSSR count). The number of amides is 1. The second-order valence-electron chi connectivity index (χ2n) is 3.78. The first kappa shape index (κ1) is 14.3. The van der Waals surface area contributed by atoms with Gasteiger partial charge in [-0.25, -0.2) is 0 Å². The number of methoxy groups -OCH3 is 1. The minimum Gasteiger partial charge on any atom is -0.496 e. The molecule has 5 heteroatoms. The third kappa shape index (κ3) is 3.48. The predicted molar refractivity (Wildman–Crippen MR) is 87.8 cm³/mol. The SMILES string of the molecule is COc1ccc(C(=O)Nc2ccccc2Br)cc1I. The monoisotopic (exact) mass is 431 g/mol. The molecule has 0 spiro atoms. The van der Waals surface area contributed by atoms with Gasteiger partial charge in [0, 0.05) is 10.0 Å². The molecule has 0 unspecified atom stereocenters. The lowest BCUT2D eigenvalue weighted by Crippen LogP contribution is -2.12. The highest BCUT2D eigenvalue weighted by Gasteiger charge is 2.10. The van der Waals surface area contributed by atoms with E-state index >= 15 is 0 Å². The Hall–Kier alpha value is -1.08. The molecular weight excluding hydrogens is 421 g/mol. The first-order valence-electron chi connectivity index (χ1n) is 5.51. The van der Waals surface area contributed by atoms with Crippen molar-refractivity contribution in [1.82, 2.24) is 0 Å². The van der Waals surface area contributed by atoms with Crippen LogP contribution >= 0.6 is 38.5 Å². The van der Waals surface area contributed by atoms with Crippen LogP contribution in [-0.2, 0) is 0 Å². The van der Waals surface area contributed by atoms with Crippen molar-refractivity contribution in [2.45, 2.75) is 0 Å². The number of benzene rings is 2. The molecule has 0 aliphatic carbocycles. The normalized spacial score (nSPS) is 10.1. The van der Waals surface area contributed by atoms with Crippen molar-refractivity contribution in [3.05, 3.63) is 56.1 Å². The molecule has 0 atom stereocenters. The zero-order valence-electron chi connectivity index (χ0n) is 10.1. The highest BCUT2D eigenvalue weighted by Crippen LogP contribution is 2.24. The zero-order chi connectivity index (χ0) is 13.8. The van der Waals surface area contributed by atoms with Crippen LogP contribution in [0.4, 0.5) is 5.69 Å². The van der Waals surface area contributed by atoms with E-state index in [0.29, 0.717) is 5.56 Å². The molecule has 2 aromatic carbocycles. The van der Waals surface area contributed by atoms with Gasteiger partial charge in [-0.1, -0.05) is 12.1 Å². The second kappa shape index (κ2) is 6.38. The minimum absolute atomic E-state index is 0.146. The molecule has 1 N–H and O–H groups in total. The van der Waals surface area contributed by atoms with E-state index in [1.807, 2.05) is 24.3 Å². The van der Waals surface area contributed by atoms with E-state index in [2.05, 4.69) is 43.8 Å². The molecule has 3 nitrogen and oxygen atoms in total. The Bertz CT molecular complexity index is 616. The average Bonchev–Trinajstić information content (AvgIpc) is 2.41. The summed E-state index contributed by atoms with van der Waals surface area (Å²) in [6.07, 6.45) is 0. The van der Waals surface area contributed by atoms with Crippen LogP contribution in [0.5, 0.6) is 5.75 Å². The van der Waals surface area contributed by atoms with Crippen molar-refractivity contribution in [1.29, 1.82) is 0 Å². The standard InChI is InChI=1S/C14H11BrINO2/c1-19-13-7-6-9(8-11(13)16)14(18)17-12-5-3-2-4-10(12)15/h2-8H,1H3,(H,17,18). The van der Waals surface area contributed by atoms with Gasteiger partial charge in [0.2, 0.25) is 0 Å². The van der Waals surface area contributed by atoms with Gasteiger partial charge in [-0.3, -0.25) is 4.79 Å². The minimum atomic E-state index is -0.146. The van der Waals surface area contributed by atoms with Crippen LogP contribution in [0, 0.1) is 3.57 Å². The Morgan fingerprint density at radius 1 is 1.26 bits per heavy atom. The number of nitrogens with one attached hydrogen (secondary N) is 1. The van der Waals surface area contributed by atoms with Gasteiger partial charge in [-0.05, 0) is 68.9 Å². The summed E-state index contributed by atoms with van der Waals surface area (Å²) in [5, 5.41) is 2.86. The molecule has 0 bridgehead atoms. The quantitative estimate of drug-likeness (QED) is 0.735. The number of carbonyl (C=O) groups excluding carboxylic acids is 1. The summed E-state index contributed by atoms with van der Waals surface area (Å²) in [4.78, 5) is 12.1. The Labute approximate surface area is 133 Å². The molecule has 0 aliphatic rings. The molecule has 98 valence electrons. The first-order valence-corrected chi connectivity index (χ1v) is 7.38. The van der Waals surface area contributed by atoms with Gasteiger partial charge >= 0.3 is 0 Å². The predicted octanol–water partition coefficient (Wildman–Crippen LogP) is 4.31. The van der Waals surface area contributed by atoms with E-state index in [9.17, 15) is 4.79 Å². The van der Waals surface area contributed by atoms with E-state index in [4.69, 9.17) is 4.74 Å². The number of anilines is 1. The number of ether oxygens (including phenoxy) is 1. The Kier molecular flexibility index (Phi) is 4.81. The lowest BCUT2D eigenvalue weighted by molar-refractivity contribution is 0.102. The molecule has 0 heterocycles. The summed E-state index contributed by atoms with van der Waals surface area (Å²) in [5.41, 5.74) is 1.35. The van der Waals surface area contributed by atoms with Crippen molar-refractivity contribution < 1.29 is 9.53 Å². The molecule has 0 saturated carbocycles. The summed E-state index contributed by atoms with van der Waals surface area (Å²) in [7, 11) is 1.61. The summed E-state index contributed by atoms with van der Waals surface area (Å²) in [6.45, 7) is 0. The van der Waals surface area contributed by atoms with Gasteiger partial charge in [0.1, 0.15) is 5.75 Å². The molecule has 0 fully saturated rings. The molecular formula is C14H11BrINO2. The molecule has 19 heavy (non-hydrogen) atoms. The average molecular weight is 432 g/mol.